The van der Waals surface area contributed by atoms with Gasteiger partial charge in [-0.1, -0.05) is 20.3 Å². The van der Waals surface area contributed by atoms with E-state index in [-0.39, 0.29) is 6.04 Å². The molecule has 0 aromatic carbocycles. The van der Waals surface area contributed by atoms with E-state index in [1.165, 1.54) is 6.20 Å². The summed E-state index contributed by atoms with van der Waals surface area (Å²) in [7, 11) is 0. The predicted octanol–water partition coefficient (Wildman–Crippen LogP) is 3.60. The van der Waals surface area contributed by atoms with E-state index in [2.05, 4.69) is 4.98 Å². The van der Waals surface area contributed by atoms with Crippen LogP contribution in [0.4, 0.5) is 13.2 Å². The van der Waals surface area contributed by atoms with Gasteiger partial charge in [0.2, 0.25) is 0 Å². The fraction of sp³-hybridized carbons (Fsp3) is 0.700. The molecule has 1 aromatic heterocycles. The van der Waals surface area contributed by atoms with Crippen LogP contribution in [-0.4, -0.2) is 4.98 Å². The number of rotatable bonds is 4. The summed E-state index contributed by atoms with van der Waals surface area (Å²) in [6.07, 6.45) is -1.46. The van der Waals surface area contributed by atoms with Crippen molar-refractivity contribution in [2.24, 2.45) is 11.7 Å². The molecule has 0 saturated heterocycles. The molecule has 0 aliphatic carbocycles. The van der Waals surface area contributed by atoms with Gasteiger partial charge in [0.15, 0.2) is 5.01 Å². The summed E-state index contributed by atoms with van der Waals surface area (Å²) < 4.78 is 36.9. The summed E-state index contributed by atoms with van der Waals surface area (Å²) >= 11 is 0.639. The van der Waals surface area contributed by atoms with Crippen molar-refractivity contribution in [3.8, 4) is 0 Å². The van der Waals surface area contributed by atoms with Gasteiger partial charge in [-0.3, -0.25) is 0 Å². The first-order chi connectivity index (χ1) is 7.34. The molecule has 0 saturated carbocycles. The summed E-state index contributed by atoms with van der Waals surface area (Å²) in [5.41, 5.74) is 5.83. The maximum absolute atomic E-state index is 12.3. The van der Waals surface area contributed by atoms with Crippen molar-refractivity contribution in [1.82, 2.24) is 4.98 Å². The van der Waals surface area contributed by atoms with Gasteiger partial charge in [0.25, 0.3) is 0 Å². The molecule has 1 rings (SSSR count). The summed E-state index contributed by atoms with van der Waals surface area (Å²) in [5, 5.41) is -0.817. The molecule has 0 fully saturated rings. The summed E-state index contributed by atoms with van der Waals surface area (Å²) in [4.78, 5) is 3.86. The third-order valence-electron chi connectivity index (χ3n) is 2.48. The first-order valence-corrected chi connectivity index (χ1v) is 5.94. The number of hydrogen-bond acceptors (Lipinski definition) is 3. The van der Waals surface area contributed by atoms with E-state index < -0.39 is 11.2 Å². The van der Waals surface area contributed by atoms with E-state index in [9.17, 15) is 13.2 Å². The SMILES string of the molecule is CCC(C)CC(N)c1cnc(C(F)(F)F)s1. The van der Waals surface area contributed by atoms with Crippen molar-refractivity contribution in [2.75, 3.05) is 0 Å². The molecule has 2 unspecified atom stereocenters. The van der Waals surface area contributed by atoms with Gasteiger partial charge in [-0.25, -0.2) is 4.98 Å². The number of hydrogen-bond donors (Lipinski definition) is 1. The Morgan fingerprint density at radius 1 is 1.50 bits per heavy atom. The van der Waals surface area contributed by atoms with Crippen LogP contribution in [0.15, 0.2) is 6.20 Å². The molecule has 16 heavy (non-hydrogen) atoms. The highest BCUT2D eigenvalue weighted by Gasteiger charge is 2.35. The molecule has 0 bridgehead atoms. The highest BCUT2D eigenvalue weighted by molar-refractivity contribution is 7.11. The van der Waals surface area contributed by atoms with Crippen LogP contribution < -0.4 is 5.73 Å². The maximum Gasteiger partial charge on any atom is 0.443 e. The third kappa shape index (κ3) is 3.45. The predicted molar refractivity (Wildman–Crippen MR) is 58.1 cm³/mol. The standard InChI is InChI=1S/C10H15F3N2S/c1-3-6(2)4-7(14)8-5-15-9(16-8)10(11,12)13/h5-7H,3-4,14H2,1-2H3. The van der Waals surface area contributed by atoms with Crippen molar-refractivity contribution in [1.29, 1.82) is 0 Å². The molecule has 0 radical (unpaired) electrons. The van der Waals surface area contributed by atoms with Crippen LogP contribution >= 0.6 is 11.3 Å². The summed E-state index contributed by atoms with van der Waals surface area (Å²) in [5.74, 6) is 0.409. The molecule has 0 spiro atoms. The van der Waals surface area contributed by atoms with Crippen LogP contribution in [-0.2, 0) is 6.18 Å². The smallest absolute Gasteiger partial charge is 0.323 e. The normalized spacial score (nSPS) is 16.1. The minimum atomic E-state index is -4.36. The van der Waals surface area contributed by atoms with E-state index in [4.69, 9.17) is 5.73 Å². The molecule has 0 aliphatic heterocycles. The van der Waals surface area contributed by atoms with Crippen LogP contribution in [0.3, 0.4) is 0 Å². The van der Waals surface area contributed by atoms with Crippen LogP contribution in [0.1, 0.15) is 42.6 Å². The zero-order valence-corrected chi connectivity index (χ0v) is 10.0. The Kier molecular flexibility index (Phi) is 4.32. The average Bonchev–Trinajstić information content (AvgIpc) is 2.65. The van der Waals surface area contributed by atoms with Crippen LogP contribution in [0.25, 0.3) is 0 Å². The van der Waals surface area contributed by atoms with Crippen molar-refractivity contribution in [3.05, 3.63) is 16.1 Å². The third-order valence-corrected chi connectivity index (χ3v) is 3.66. The Labute approximate surface area is 96.7 Å². The van der Waals surface area contributed by atoms with Gasteiger partial charge in [-0.05, 0) is 12.3 Å². The molecule has 92 valence electrons. The van der Waals surface area contributed by atoms with Crippen molar-refractivity contribution >= 4 is 11.3 Å². The van der Waals surface area contributed by atoms with Crippen molar-refractivity contribution in [3.63, 3.8) is 0 Å². The fourth-order valence-corrected chi connectivity index (χ4v) is 2.10. The Hall–Kier alpha value is -0.620. The monoisotopic (exact) mass is 252 g/mol. The fourth-order valence-electron chi connectivity index (χ4n) is 1.31. The lowest BCUT2D eigenvalue weighted by Crippen LogP contribution is -2.12. The van der Waals surface area contributed by atoms with E-state index in [1.807, 2.05) is 13.8 Å². The van der Waals surface area contributed by atoms with E-state index in [0.717, 1.165) is 6.42 Å². The highest BCUT2D eigenvalue weighted by atomic mass is 32.1. The number of nitrogens with two attached hydrogens (primary N) is 1. The van der Waals surface area contributed by atoms with Gasteiger partial charge >= 0.3 is 6.18 Å². The molecule has 0 aliphatic rings. The number of alkyl halides is 3. The lowest BCUT2D eigenvalue weighted by Gasteiger charge is -2.13. The molecule has 6 heteroatoms. The van der Waals surface area contributed by atoms with Gasteiger partial charge in [-0.2, -0.15) is 13.2 Å². The number of nitrogens with zero attached hydrogens (tertiary/aromatic N) is 1. The highest BCUT2D eigenvalue weighted by Crippen LogP contribution is 2.35. The number of thiazole rings is 1. The minimum absolute atomic E-state index is 0.344. The van der Waals surface area contributed by atoms with Crippen LogP contribution in [0.2, 0.25) is 0 Å². The van der Waals surface area contributed by atoms with E-state index in [0.29, 0.717) is 28.6 Å². The first kappa shape index (κ1) is 13.4. The first-order valence-electron chi connectivity index (χ1n) is 5.13. The van der Waals surface area contributed by atoms with Gasteiger partial charge in [0.05, 0.1) is 0 Å². The molecule has 1 heterocycles. The minimum Gasteiger partial charge on any atom is -0.323 e. The molecular weight excluding hydrogens is 237 g/mol. The lowest BCUT2D eigenvalue weighted by molar-refractivity contribution is -0.137. The molecule has 2 atom stereocenters. The van der Waals surface area contributed by atoms with Gasteiger partial charge in [-0.15, -0.1) is 11.3 Å². The Morgan fingerprint density at radius 3 is 2.56 bits per heavy atom. The van der Waals surface area contributed by atoms with Gasteiger partial charge in [0, 0.05) is 17.1 Å². The van der Waals surface area contributed by atoms with Crippen LogP contribution in [0.5, 0.6) is 0 Å². The second-order valence-corrected chi connectivity index (χ2v) is 4.98. The molecule has 2 nitrogen and oxygen atoms in total. The molecule has 2 N–H and O–H groups in total. The molecule has 1 aromatic rings. The Balaban J connectivity index is 2.71. The largest absolute Gasteiger partial charge is 0.443 e. The topological polar surface area (TPSA) is 38.9 Å². The quantitative estimate of drug-likeness (QED) is 0.889. The lowest BCUT2D eigenvalue weighted by atomic mass is 9.99. The molecule has 0 amide bonds. The number of aromatic nitrogens is 1. The van der Waals surface area contributed by atoms with E-state index >= 15 is 0 Å². The number of halogens is 3. The van der Waals surface area contributed by atoms with Crippen LogP contribution in [0, 0.1) is 5.92 Å². The zero-order valence-electron chi connectivity index (χ0n) is 9.21. The van der Waals surface area contributed by atoms with Gasteiger partial charge in [0.1, 0.15) is 0 Å². The second-order valence-electron chi connectivity index (χ2n) is 3.92. The Morgan fingerprint density at radius 2 is 2.12 bits per heavy atom. The summed E-state index contributed by atoms with van der Waals surface area (Å²) in [6.45, 7) is 4.07. The average molecular weight is 252 g/mol. The van der Waals surface area contributed by atoms with Crippen molar-refractivity contribution < 1.29 is 13.2 Å². The molecular formula is C10H15F3N2S. The maximum atomic E-state index is 12.3. The van der Waals surface area contributed by atoms with Crippen molar-refractivity contribution in [2.45, 2.75) is 38.9 Å². The summed E-state index contributed by atoms with van der Waals surface area (Å²) in [6, 6.07) is -0.344. The second kappa shape index (κ2) is 5.14. The zero-order chi connectivity index (χ0) is 12.3. The van der Waals surface area contributed by atoms with E-state index in [1.54, 1.807) is 0 Å². The Bertz CT molecular complexity index is 335. The van der Waals surface area contributed by atoms with Gasteiger partial charge < -0.3 is 5.73 Å².